The highest BCUT2D eigenvalue weighted by Crippen LogP contribution is 2.10. The van der Waals surface area contributed by atoms with Crippen molar-refractivity contribution < 1.29 is 14.0 Å². The molecule has 0 saturated heterocycles. The lowest BCUT2D eigenvalue weighted by Crippen LogP contribution is -2.49. The van der Waals surface area contributed by atoms with E-state index in [4.69, 9.17) is 4.42 Å². The Hall–Kier alpha value is -2.08. The summed E-state index contributed by atoms with van der Waals surface area (Å²) in [6, 6.07) is 6.52. The molecule has 5 nitrogen and oxygen atoms in total. The predicted molar refractivity (Wildman–Crippen MR) is 81.0 cm³/mol. The molecule has 2 amide bonds. The van der Waals surface area contributed by atoms with Gasteiger partial charge in [0.25, 0.3) is 5.91 Å². The van der Waals surface area contributed by atoms with Gasteiger partial charge >= 0.3 is 0 Å². The van der Waals surface area contributed by atoms with E-state index in [2.05, 4.69) is 10.6 Å². The van der Waals surface area contributed by atoms with Crippen LogP contribution in [0.15, 0.2) is 40.3 Å². The molecule has 0 fully saturated rings. The summed E-state index contributed by atoms with van der Waals surface area (Å²) >= 11 is 1.35. The Balaban J connectivity index is 1.94. The molecule has 0 aliphatic carbocycles. The summed E-state index contributed by atoms with van der Waals surface area (Å²) in [6.07, 6.45) is 1.56. The Labute approximate surface area is 127 Å². The van der Waals surface area contributed by atoms with Crippen LogP contribution in [-0.4, -0.2) is 17.9 Å². The molecule has 0 bridgehead atoms. The second-order valence-corrected chi connectivity index (χ2v) is 5.92. The van der Waals surface area contributed by atoms with Crippen LogP contribution in [0, 0.1) is 5.92 Å². The van der Waals surface area contributed by atoms with E-state index < -0.39 is 6.04 Å². The van der Waals surface area contributed by atoms with Crippen molar-refractivity contribution >= 4 is 23.2 Å². The summed E-state index contributed by atoms with van der Waals surface area (Å²) in [5.41, 5.74) is 0. The Kier molecular flexibility index (Phi) is 5.16. The Bertz CT molecular complexity index is 576. The monoisotopic (exact) mass is 306 g/mol. The van der Waals surface area contributed by atoms with Gasteiger partial charge in [0.15, 0.2) is 0 Å². The molecule has 21 heavy (non-hydrogen) atoms. The molecule has 0 radical (unpaired) electrons. The predicted octanol–water partition coefficient (Wildman–Crippen LogP) is 2.41. The highest BCUT2D eigenvalue weighted by Gasteiger charge is 2.24. The van der Waals surface area contributed by atoms with E-state index in [1.54, 1.807) is 30.5 Å². The van der Waals surface area contributed by atoms with Crippen LogP contribution in [0.2, 0.25) is 0 Å². The minimum atomic E-state index is -0.574. The van der Waals surface area contributed by atoms with E-state index in [1.165, 1.54) is 11.3 Å². The van der Waals surface area contributed by atoms with Crippen LogP contribution < -0.4 is 10.6 Å². The first kappa shape index (κ1) is 15.3. The number of nitrogens with one attached hydrogen (secondary N) is 2. The van der Waals surface area contributed by atoms with Crippen molar-refractivity contribution in [3.63, 3.8) is 0 Å². The number of hydrogen-bond donors (Lipinski definition) is 2. The number of furan rings is 1. The van der Waals surface area contributed by atoms with Crippen molar-refractivity contribution in [1.82, 2.24) is 10.6 Å². The molecule has 0 saturated carbocycles. The van der Waals surface area contributed by atoms with Gasteiger partial charge in [0, 0.05) is 0 Å². The average Bonchev–Trinajstić information content (AvgIpc) is 3.13. The maximum Gasteiger partial charge on any atom is 0.262 e. The first-order chi connectivity index (χ1) is 10.1. The Morgan fingerprint density at radius 2 is 2.10 bits per heavy atom. The fraction of sp³-hybridized carbons (Fsp3) is 0.333. The van der Waals surface area contributed by atoms with Crippen LogP contribution >= 0.6 is 11.3 Å². The second kappa shape index (κ2) is 7.08. The number of carbonyl (C=O) groups excluding carboxylic acids is 2. The molecule has 0 unspecified atom stereocenters. The van der Waals surface area contributed by atoms with E-state index in [0.29, 0.717) is 17.2 Å². The van der Waals surface area contributed by atoms with Gasteiger partial charge in [-0.1, -0.05) is 19.9 Å². The lowest BCUT2D eigenvalue weighted by atomic mass is 10.0. The van der Waals surface area contributed by atoms with E-state index in [-0.39, 0.29) is 17.7 Å². The number of thiophene rings is 1. The van der Waals surface area contributed by atoms with Crippen LogP contribution in [0.1, 0.15) is 29.3 Å². The maximum atomic E-state index is 12.2. The van der Waals surface area contributed by atoms with Gasteiger partial charge in [-0.2, -0.15) is 0 Å². The van der Waals surface area contributed by atoms with Gasteiger partial charge in [-0.15, -0.1) is 11.3 Å². The molecule has 1 atom stereocenters. The van der Waals surface area contributed by atoms with Crippen molar-refractivity contribution in [2.45, 2.75) is 26.4 Å². The molecule has 2 heterocycles. The summed E-state index contributed by atoms with van der Waals surface area (Å²) in [4.78, 5) is 24.9. The molecule has 0 aliphatic heterocycles. The van der Waals surface area contributed by atoms with Gasteiger partial charge in [-0.3, -0.25) is 9.59 Å². The van der Waals surface area contributed by atoms with Gasteiger partial charge in [0.05, 0.1) is 17.7 Å². The summed E-state index contributed by atoms with van der Waals surface area (Å²) < 4.78 is 5.16. The van der Waals surface area contributed by atoms with Crippen LogP contribution in [-0.2, 0) is 11.3 Å². The molecule has 112 valence electrons. The number of rotatable bonds is 6. The normalized spacial score (nSPS) is 12.1. The number of hydrogen-bond acceptors (Lipinski definition) is 4. The maximum absolute atomic E-state index is 12.2. The zero-order valence-electron chi connectivity index (χ0n) is 12.0. The minimum absolute atomic E-state index is 0.00878. The van der Waals surface area contributed by atoms with E-state index in [0.717, 1.165) is 0 Å². The third-order valence-electron chi connectivity index (χ3n) is 3.00. The fourth-order valence-corrected chi connectivity index (χ4v) is 2.48. The molecule has 2 aromatic rings. The first-order valence-electron chi connectivity index (χ1n) is 6.72. The quantitative estimate of drug-likeness (QED) is 0.861. The van der Waals surface area contributed by atoms with Crippen molar-refractivity contribution in [2.75, 3.05) is 0 Å². The van der Waals surface area contributed by atoms with Gasteiger partial charge in [-0.05, 0) is 29.5 Å². The van der Waals surface area contributed by atoms with Crippen molar-refractivity contribution in [3.8, 4) is 0 Å². The average molecular weight is 306 g/mol. The number of carbonyl (C=O) groups is 2. The SMILES string of the molecule is CC(C)[C@H](NC(=O)c1cccs1)C(=O)NCc1ccco1. The second-order valence-electron chi connectivity index (χ2n) is 4.97. The summed E-state index contributed by atoms with van der Waals surface area (Å²) in [5.74, 6) is 0.226. The third kappa shape index (κ3) is 4.19. The summed E-state index contributed by atoms with van der Waals surface area (Å²) in [6.45, 7) is 4.10. The molecular formula is C15H18N2O3S. The fourth-order valence-electron chi connectivity index (χ4n) is 1.85. The highest BCUT2D eigenvalue weighted by atomic mass is 32.1. The molecule has 0 spiro atoms. The van der Waals surface area contributed by atoms with Gasteiger partial charge < -0.3 is 15.1 Å². The topological polar surface area (TPSA) is 71.3 Å². The largest absolute Gasteiger partial charge is 0.467 e. The molecule has 0 aromatic carbocycles. The summed E-state index contributed by atoms with van der Waals surface area (Å²) in [5, 5.41) is 7.38. The zero-order chi connectivity index (χ0) is 15.2. The van der Waals surface area contributed by atoms with Crippen LogP contribution in [0.4, 0.5) is 0 Å². The molecular weight excluding hydrogens is 288 g/mol. The molecule has 2 N–H and O–H groups in total. The van der Waals surface area contributed by atoms with Gasteiger partial charge in [0.1, 0.15) is 11.8 Å². The van der Waals surface area contributed by atoms with E-state index in [1.807, 2.05) is 19.2 Å². The molecule has 6 heteroatoms. The zero-order valence-corrected chi connectivity index (χ0v) is 12.8. The van der Waals surface area contributed by atoms with Crippen molar-refractivity contribution in [3.05, 3.63) is 46.5 Å². The molecule has 0 aliphatic rings. The molecule has 2 rings (SSSR count). The minimum Gasteiger partial charge on any atom is -0.467 e. The third-order valence-corrected chi connectivity index (χ3v) is 3.87. The van der Waals surface area contributed by atoms with E-state index in [9.17, 15) is 9.59 Å². The first-order valence-corrected chi connectivity index (χ1v) is 7.60. The van der Waals surface area contributed by atoms with E-state index >= 15 is 0 Å². The highest BCUT2D eigenvalue weighted by molar-refractivity contribution is 7.12. The lowest BCUT2D eigenvalue weighted by molar-refractivity contribution is -0.124. The van der Waals surface area contributed by atoms with Crippen LogP contribution in [0.5, 0.6) is 0 Å². The van der Waals surface area contributed by atoms with Gasteiger partial charge in [0.2, 0.25) is 5.91 Å². The standard InChI is InChI=1S/C15H18N2O3S/c1-10(2)13(17-14(18)12-6-4-8-21-12)15(19)16-9-11-5-3-7-20-11/h3-8,10,13H,9H2,1-2H3,(H,16,19)(H,17,18)/t13-/m0/s1. The summed E-state index contributed by atoms with van der Waals surface area (Å²) in [7, 11) is 0. The van der Waals surface area contributed by atoms with Crippen molar-refractivity contribution in [2.24, 2.45) is 5.92 Å². The van der Waals surface area contributed by atoms with Crippen LogP contribution in [0.3, 0.4) is 0 Å². The lowest BCUT2D eigenvalue weighted by Gasteiger charge is -2.21. The molecule has 2 aromatic heterocycles. The Morgan fingerprint density at radius 1 is 1.29 bits per heavy atom. The Morgan fingerprint density at radius 3 is 2.67 bits per heavy atom. The van der Waals surface area contributed by atoms with Crippen LogP contribution in [0.25, 0.3) is 0 Å². The van der Waals surface area contributed by atoms with Gasteiger partial charge in [-0.25, -0.2) is 0 Å². The smallest absolute Gasteiger partial charge is 0.262 e. The number of amides is 2. The van der Waals surface area contributed by atoms with Crippen molar-refractivity contribution in [1.29, 1.82) is 0 Å².